The van der Waals surface area contributed by atoms with Crippen LogP contribution in [0, 0.1) is 0 Å². The standard InChI is InChI=1S/C8H16N2O2.ClH/c1-12-7-2-8(11)10-5-3-9-4-6-10;/h9H,2-7H2,1H3;1H. The Balaban J connectivity index is 0.00000144. The molecule has 0 spiro atoms. The van der Waals surface area contributed by atoms with Gasteiger partial charge in [0.2, 0.25) is 5.91 Å². The number of carbonyl (C=O) groups excluding carboxylic acids is 1. The van der Waals surface area contributed by atoms with Crippen LogP contribution in [-0.2, 0) is 9.53 Å². The first-order chi connectivity index (χ1) is 5.84. The Morgan fingerprint density at radius 3 is 2.62 bits per heavy atom. The van der Waals surface area contributed by atoms with Gasteiger partial charge >= 0.3 is 0 Å². The van der Waals surface area contributed by atoms with Crippen LogP contribution in [0.15, 0.2) is 0 Å². The molecule has 5 heteroatoms. The highest BCUT2D eigenvalue weighted by Gasteiger charge is 2.14. The molecule has 1 aliphatic heterocycles. The highest BCUT2D eigenvalue weighted by atomic mass is 35.5. The monoisotopic (exact) mass is 208 g/mol. The van der Waals surface area contributed by atoms with E-state index < -0.39 is 0 Å². The molecule has 0 saturated carbocycles. The van der Waals surface area contributed by atoms with Crippen molar-refractivity contribution in [3.63, 3.8) is 0 Å². The summed E-state index contributed by atoms with van der Waals surface area (Å²) in [5.41, 5.74) is 0. The van der Waals surface area contributed by atoms with Gasteiger partial charge in [-0.05, 0) is 0 Å². The zero-order valence-corrected chi connectivity index (χ0v) is 8.73. The molecular formula is C8H17ClN2O2. The van der Waals surface area contributed by atoms with Crippen LogP contribution in [0.5, 0.6) is 0 Å². The lowest BCUT2D eigenvalue weighted by Crippen LogP contribution is -2.46. The molecule has 0 aromatic heterocycles. The van der Waals surface area contributed by atoms with Crippen LogP contribution in [-0.4, -0.2) is 50.7 Å². The molecule has 0 aliphatic carbocycles. The molecule has 1 fully saturated rings. The molecule has 0 unspecified atom stereocenters. The average Bonchev–Trinajstić information content (AvgIpc) is 2.15. The van der Waals surface area contributed by atoms with E-state index in [9.17, 15) is 4.79 Å². The van der Waals surface area contributed by atoms with Crippen LogP contribution in [0.25, 0.3) is 0 Å². The Morgan fingerprint density at radius 1 is 1.46 bits per heavy atom. The lowest BCUT2D eigenvalue weighted by molar-refractivity contribution is -0.132. The van der Waals surface area contributed by atoms with Gasteiger partial charge in [0, 0.05) is 33.3 Å². The van der Waals surface area contributed by atoms with Crippen molar-refractivity contribution in [2.45, 2.75) is 6.42 Å². The molecule has 0 aromatic carbocycles. The van der Waals surface area contributed by atoms with Gasteiger partial charge in [-0.3, -0.25) is 4.79 Å². The van der Waals surface area contributed by atoms with E-state index in [-0.39, 0.29) is 18.3 Å². The topological polar surface area (TPSA) is 41.6 Å². The Hall–Kier alpha value is -0.320. The predicted molar refractivity (Wildman–Crippen MR) is 53.2 cm³/mol. The number of methoxy groups -OCH3 is 1. The smallest absolute Gasteiger partial charge is 0.224 e. The normalized spacial score (nSPS) is 16.5. The van der Waals surface area contributed by atoms with Crippen molar-refractivity contribution in [3.05, 3.63) is 0 Å². The van der Waals surface area contributed by atoms with E-state index in [1.54, 1.807) is 7.11 Å². The van der Waals surface area contributed by atoms with Gasteiger partial charge in [0.1, 0.15) is 0 Å². The molecule has 4 nitrogen and oxygen atoms in total. The van der Waals surface area contributed by atoms with E-state index in [2.05, 4.69) is 5.32 Å². The second-order valence-corrected chi connectivity index (χ2v) is 2.87. The van der Waals surface area contributed by atoms with E-state index in [0.717, 1.165) is 26.2 Å². The zero-order chi connectivity index (χ0) is 8.81. The lowest BCUT2D eigenvalue weighted by atomic mass is 10.3. The number of hydrogen-bond acceptors (Lipinski definition) is 3. The fourth-order valence-corrected chi connectivity index (χ4v) is 1.26. The maximum Gasteiger partial charge on any atom is 0.224 e. The van der Waals surface area contributed by atoms with Gasteiger partial charge in [-0.1, -0.05) is 0 Å². The van der Waals surface area contributed by atoms with Crippen LogP contribution >= 0.6 is 12.4 Å². The largest absolute Gasteiger partial charge is 0.384 e. The number of ether oxygens (including phenoxy) is 1. The second kappa shape index (κ2) is 7.12. The SMILES string of the molecule is COCCC(=O)N1CCNCC1.Cl. The molecule has 1 rings (SSSR count). The molecule has 78 valence electrons. The maximum atomic E-state index is 11.4. The fraction of sp³-hybridized carbons (Fsp3) is 0.875. The number of halogens is 1. The highest BCUT2D eigenvalue weighted by molar-refractivity contribution is 5.85. The van der Waals surface area contributed by atoms with Gasteiger partial charge in [0.25, 0.3) is 0 Å². The van der Waals surface area contributed by atoms with Crippen LogP contribution in [0.1, 0.15) is 6.42 Å². The van der Waals surface area contributed by atoms with Gasteiger partial charge < -0.3 is 15.0 Å². The first-order valence-electron chi connectivity index (χ1n) is 4.32. The molecule has 1 N–H and O–H groups in total. The summed E-state index contributed by atoms with van der Waals surface area (Å²) < 4.78 is 4.84. The van der Waals surface area contributed by atoms with Crippen molar-refractivity contribution in [3.8, 4) is 0 Å². The van der Waals surface area contributed by atoms with Gasteiger partial charge in [-0.25, -0.2) is 0 Å². The lowest BCUT2D eigenvalue weighted by Gasteiger charge is -2.27. The van der Waals surface area contributed by atoms with Crippen molar-refractivity contribution in [2.24, 2.45) is 0 Å². The van der Waals surface area contributed by atoms with Gasteiger partial charge in [-0.15, -0.1) is 12.4 Å². The van der Waals surface area contributed by atoms with Crippen molar-refractivity contribution in [1.29, 1.82) is 0 Å². The Bertz CT molecular complexity index is 149. The minimum atomic E-state index is 0. The van der Waals surface area contributed by atoms with Crippen LogP contribution in [0.4, 0.5) is 0 Å². The zero-order valence-electron chi connectivity index (χ0n) is 7.91. The van der Waals surface area contributed by atoms with Crippen LogP contribution in [0.2, 0.25) is 0 Å². The summed E-state index contributed by atoms with van der Waals surface area (Å²) in [6.07, 6.45) is 0.510. The van der Waals surface area contributed by atoms with Gasteiger partial charge in [0.15, 0.2) is 0 Å². The molecule has 0 radical (unpaired) electrons. The third-order valence-corrected chi connectivity index (χ3v) is 1.99. The molecule has 0 aromatic rings. The Morgan fingerprint density at radius 2 is 2.08 bits per heavy atom. The molecule has 1 heterocycles. The summed E-state index contributed by atoms with van der Waals surface area (Å²) in [4.78, 5) is 13.3. The van der Waals surface area contributed by atoms with Crippen molar-refractivity contribution in [2.75, 3.05) is 39.9 Å². The van der Waals surface area contributed by atoms with E-state index in [0.29, 0.717) is 13.0 Å². The number of hydrogen-bond donors (Lipinski definition) is 1. The van der Waals surface area contributed by atoms with E-state index in [1.807, 2.05) is 4.90 Å². The molecular weight excluding hydrogens is 192 g/mol. The summed E-state index contributed by atoms with van der Waals surface area (Å²) >= 11 is 0. The Labute approximate surface area is 85.0 Å². The molecule has 1 aliphatic rings. The number of carbonyl (C=O) groups is 1. The number of amides is 1. The maximum absolute atomic E-state index is 11.4. The van der Waals surface area contributed by atoms with Crippen LogP contribution in [0.3, 0.4) is 0 Å². The van der Waals surface area contributed by atoms with Crippen LogP contribution < -0.4 is 5.32 Å². The second-order valence-electron chi connectivity index (χ2n) is 2.87. The third-order valence-electron chi connectivity index (χ3n) is 1.99. The Kier molecular flexibility index (Phi) is 6.94. The summed E-state index contributed by atoms with van der Waals surface area (Å²) in [6, 6.07) is 0. The van der Waals surface area contributed by atoms with Gasteiger partial charge in [-0.2, -0.15) is 0 Å². The summed E-state index contributed by atoms with van der Waals surface area (Å²) in [5.74, 6) is 0.207. The van der Waals surface area contributed by atoms with E-state index in [4.69, 9.17) is 4.74 Å². The van der Waals surface area contributed by atoms with Crippen molar-refractivity contribution < 1.29 is 9.53 Å². The fourth-order valence-electron chi connectivity index (χ4n) is 1.26. The number of nitrogens with one attached hydrogen (secondary N) is 1. The summed E-state index contributed by atoms with van der Waals surface area (Å²) in [6.45, 7) is 4.03. The summed E-state index contributed by atoms with van der Waals surface area (Å²) in [5, 5.41) is 3.20. The molecule has 13 heavy (non-hydrogen) atoms. The molecule has 0 bridgehead atoms. The first-order valence-corrected chi connectivity index (χ1v) is 4.32. The molecule has 1 saturated heterocycles. The minimum Gasteiger partial charge on any atom is -0.384 e. The summed E-state index contributed by atoms with van der Waals surface area (Å²) in [7, 11) is 1.62. The number of rotatable bonds is 3. The molecule has 1 amide bonds. The van der Waals surface area contributed by atoms with Crippen molar-refractivity contribution in [1.82, 2.24) is 10.2 Å². The van der Waals surface area contributed by atoms with Crippen molar-refractivity contribution >= 4 is 18.3 Å². The predicted octanol–water partition coefficient (Wildman–Crippen LogP) is -0.123. The van der Waals surface area contributed by atoms with E-state index in [1.165, 1.54) is 0 Å². The third kappa shape index (κ3) is 4.45. The minimum absolute atomic E-state index is 0. The average molecular weight is 209 g/mol. The number of nitrogens with zero attached hydrogens (tertiary/aromatic N) is 1. The molecule has 0 atom stereocenters. The quantitative estimate of drug-likeness (QED) is 0.703. The number of piperazine rings is 1. The first kappa shape index (κ1) is 12.7. The van der Waals surface area contributed by atoms with E-state index >= 15 is 0 Å². The van der Waals surface area contributed by atoms with Gasteiger partial charge in [0.05, 0.1) is 13.0 Å². The highest BCUT2D eigenvalue weighted by Crippen LogP contribution is 1.96.